The minimum atomic E-state index is -0.504. The lowest BCUT2D eigenvalue weighted by atomic mass is 9.74. The summed E-state index contributed by atoms with van der Waals surface area (Å²) in [4.78, 5) is 24.3. The van der Waals surface area contributed by atoms with Crippen molar-refractivity contribution in [3.8, 4) is 0 Å². The van der Waals surface area contributed by atoms with E-state index in [9.17, 15) is 9.59 Å². The monoisotopic (exact) mass is 282 g/mol. The van der Waals surface area contributed by atoms with Crippen molar-refractivity contribution in [3.05, 3.63) is 0 Å². The normalized spacial score (nSPS) is 26.9. The van der Waals surface area contributed by atoms with Crippen LogP contribution in [0.25, 0.3) is 0 Å². The zero-order valence-electron chi connectivity index (χ0n) is 13.8. The van der Waals surface area contributed by atoms with Gasteiger partial charge in [-0.1, -0.05) is 33.1 Å². The summed E-state index contributed by atoms with van der Waals surface area (Å²) < 4.78 is 5.40. The van der Waals surface area contributed by atoms with Gasteiger partial charge in [-0.2, -0.15) is 0 Å². The second kappa shape index (κ2) is 6.73. The number of hydrogen-bond donors (Lipinski definition) is 0. The third-order valence-electron chi connectivity index (χ3n) is 4.35. The maximum Gasteiger partial charge on any atom is 0.307 e. The van der Waals surface area contributed by atoms with Crippen LogP contribution in [0.5, 0.6) is 0 Å². The highest BCUT2D eigenvalue weighted by molar-refractivity contribution is 5.90. The molecule has 0 N–H and O–H groups in total. The van der Waals surface area contributed by atoms with E-state index in [1.165, 1.54) is 12.8 Å². The van der Waals surface area contributed by atoms with Crippen LogP contribution in [0.1, 0.15) is 79.6 Å². The third-order valence-corrected chi connectivity index (χ3v) is 4.35. The van der Waals surface area contributed by atoms with Gasteiger partial charge < -0.3 is 4.74 Å². The highest BCUT2D eigenvalue weighted by Crippen LogP contribution is 2.46. The van der Waals surface area contributed by atoms with Gasteiger partial charge in [-0.25, -0.2) is 0 Å². The Balaban J connectivity index is 2.66. The first-order chi connectivity index (χ1) is 9.19. The van der Waals surface area contributed by atoms with Gasteiger partial charge in [0, 0.05) is 11.8 Å². The van der Waals surface area contributed by atoms with Crippen LogP contribution in [0.2, 0.25) is 0 Å². The van der Waals surface area contributed by atoms with Gasteiger partial charge in [-0.05, 0) is 39.5 Å². The second-order valence-electron chi connectivity index (χ2n) is 7.34. The molecule has 20 heavy (non-hydrogen) atoms. The average Bonchev–Trinajstić information content (AvgIpc) is 2.54. The van der Waals surface area contributed by atoms with Crippen molar-refractivity contribution < 1.29 is 14.3 Å². The standard InChI is InChI=1S/C17H30O3/c1-6-7-8-9-13-10-11-14(18)17(13,5)12-15(19)20-16(2,3)4/h13H,6-12H2,1-5H3/t13-,17+/m1/s1. The quantitative estimate of drug-likeness (QED) is 0.539. The molecule has 1 rings (SSSR count). The first kappa shape index (κ1) is 17.2. The molecule has 0 heterocycles. The molecule has 0 spiro atoms. The molecule has 1 aliphatic rings. The Bertz CT molecular complexity index is 354. The number of unbranched alkanes of at least 4 members (excludes halogenated alkanes) is 2. The van der Waals surface area contributed by atoms with Crippen molar-refractivity contribution in [1.82, 2.24) is 0 Å². The molecule has 1 fully saturated rings. The Hall–Kier alpha value is -0.860. The molecule has 0 amide bonds. The maximum atomic E-state index is 12.2. The smallest absolute Gasteiger partial charge is 0.307 e. The van der Waals surface area contributed by atoms with E-state index in [0.717, 1.165) is 19.3 Å². The average molecular weight is 282 g/mol. The fourth-order valence-corrected chi connectivity index (χ4v) is 3.16. The van der Waals surface area contributed by atoms with E-state index in [-0.39, 0.29) is 18.2 Å². The van der Waals surface area contributed by atoms with Crippen molar-refractivity contribution in [2.75, 3.05) is 0 Å². The molecule has 3 heteroatoms. The highest BCUT2D eigenvalue weighted by Gasteiger charge is 2.47. The molecular weight excluding hydrogens is 252 g/mol. The first-order valence-corrected chi connectivity index (χ1v) is 7.94. The minimum Gasteiger partial charge on any atom is -0.460 e. The Morgan fingerprint density at radius 2 is 2.00 bits per heavy atom. The molecule has 116 valence electrons. The van der Waals surface area contributed by atoms with E-state index in [1.54, 1.807) is 0 Å². The van der Waals surface area contributed by atoms with E-state index in [2.05, 4.69) is 6.92 Å². The van der Waals surface area contributed by atoms with Gasteiger partial charge in [0.25, 0.3) is 0 Å². The largest absolute Gasteiger partial charge is 0.460 e. The van der Waals surface area contributed by atoms with E-state index in [0.29, 0.717) is 12.3 Å². The lowest BCUT2D eigenvalue weighted by molar-refractivity contribution is -0.160. The first-order valence-electron chi connectivity index (χ1n) is 7.94. The number of hydrogen-bond acceptors (Lipinski definition) is 3. The zero-order chi connectivity index (χ0) is 15.4. The van der Waals surface area contributed by atoms with Gasteiger partial charge in [0.15, 0.2) is 0 Å². The zero-order valence-corrected chi connectivity index (χ0v) is 13.8. The Morgan fingerprint density at radius 1 is 1.35 bits per heavy atom. The van der Waals surface area contributed by atoms with Crippen LogP contribution in [0.15, 0.2) is 0 Å². The second-order valence-corrected chi connectivity index (χ2v) is 7.34. The fraction of sp³-hybridized carbons (Fsp3) is 0.882. The number of esters is 1. The Morgan fingerprint density at radius 3 is 2.55 bits per heavy atom. The molecule has 0 aromatic heterocycles. The predicted molar refractivity (Wildman–Crippen MR) is 80.4 cm³/mol. The number of rotatable bonds is 6. The van der Waals surface area contributed by atoms with Gasteiger partial charge in [0.05, 0.1) is 6.42 Å². The van der Waals surface area contributed by atoms with Gasteiger partial charge in [-0.15, -0.1) is 0 Å². The SMILES string of the molecule is CCCCC[C@@H]1CCC(=O)[C@@]1(C)CC(=O)OC(C)(C)C. The van der Waals surface area contributed by atoms with Crippen molar-refractivity contribution in [3.63, 3.8) is 0 Å². The molecule has 0 aromatic carbocycles. The fourth-order valence-electron chi connectivity index (χ4n) is 3.16. The van der Waals surface area contributed by atoms with Gasteiger partial charge >= 0.3 is 5.97 Å². The molecule has 1 saturated carbocycles. The highest BCUT2D eigenvalue weighted by atomic mass is 16.6. The summed E-state index contributed by atoms with van der Waals surface area (Å²) in [5.74, 6) is 0.342. The molecule has 1 aliphatic carbocycles. The molecule has 0 aromatic rings. The lowest BCUT2D eigenvalue weighted by Crippen LogP contribution is -2.35. The number of ketones is 1. The van der Waals surface area contributed by atoms with Crippen LogP contribution in [0.3, 0.4) is 0 Å². The predicted octanol–water partition coefficient (Wildman–Crippen LogP) is 4.28. The summed E-state index contributed by atoms with van der Waals surface area (Å²) in [7, 11) is 0. The van der Waals surface area contributed by atoms with Crippen molar-refractivity contribution in [2.24, 2.45) is 11.3 Å². The van der Waals surface area contributed by atoms with Crippen LogP contribution >= 0.6 is 0 Å². The number of ether oxygens (including phenoxy) is 1. The molecule has 0 saturated heterocycles. The molecule has 0 unspecified atom stereocenters. The molecule has 0 bridgehead atoms. The van der Waals surface area contributed by atoms with Gasteiger partial charge in [0.1, 0.15) is 11.4 Å². The van der Waals surface area contributed by atoms with Crippen LogP contribution in [0, 0.1) is 11.3 Å². The maximum absolute atomic E-state index is 12.2. The summed E-state index contributed by atoms with van der Waals surface area (Å²) in [6.45, 7) is 9.73. The summed E-state index contributed by atoms with van der Waals surface area (Å²) in [6, 6.07) is 0. The summed E-state index contributed by atoms with van der Waals surface area (Å²) in [6.07, 6.45) is 6.38. The van der Waals surface area contributed by atoms with Crippen molar-refractivity contribution in [2.45, 2.75) is 85.2 Å². The lowest BCUT2D eigenvalue weighted by Gasteiger charge is -2.30. The van der Waals surface area contributed by atoms with E-state index >= 15 is 0 Å². The summed E-state index contributed by atoms with van der Waals surface area (Å²) >= 11 is 0. The third kappa shape index (κ3) is 4.60. The van der Waals surface area contributed by atoms with Gasteiger partial charge in [0.2, 0.25) is 0 Å². The summed E-state index contributed by atoms with van der Waals surface area (Å²) in [5, 5.41) is 0. The molecule has 3 nitrogen and oxygen atoms in total. The Labute approximate surface area is 123 Å². The molecule has 2 atom stereocenters. The number of Topliss-reactive ketones (excluding diaryl/α,β-unsaturated/α-hetero) is 1. The van der Waals surface area contributed by atoms with Gasteiger partial charge in [-0.3, -0.25) is 9.59 Å². The van der Waals surface area contributed by atoms with Crippen LogP contribution < -0.4 is 0 Å². The van der Waals surface area contributed by atoms with Crippen molar-refractivity contribution in [1.29, 1.82) is 0 Å². The summed E-state index contributed by atoms with van der Waals surface area (Å²) in [5.41, 5.74) is -0.983. The molecule has 0 radical (unpaired) electrons. The van der Waals surface area contributed by atoms with Crippen LogP contribution in [-0.4, -0.2) is 17.4 Å². The number of carbonyl (C=O) groups excluding carboxylic acids is 2. The van der Waals surface area contributed by atoms with Crippen LogP contribution in [-0.2, 0) is 14.3 Å². The van der Waals surface area contributed by atoms with Crippen molar-refractivity contribution >= 4 is 11.8 Å². The topological polar surface area (TPSA) is 43.4 Å². The van der Waals surface area contributed by atoms with E-state index in [4.69, 9.17) is 4.74 Å². The van der Waals surface area contributed by atoms with Crippen LogP contribution in [0.4, 0.5) is 0 Å². The molecular formula is C17H30O3. The Kier molecular flexibility index (Phi) is 5.79. The van der Waals surface area contributed by atoms with E-state index in [1.807, 2.05) is 27.7 Å². The number of carbonyl (C=O) groups is 2. The minimum absolute atomic E-state index is 0.236. The molecule has 0 aliphatic heterocycles. The van der Waals surface area contributed by atoms with E-state index < -0.39 is 11.0 Å².